The third-order valence-corrected chi connectivity index (χ3v) is 5.51. The zero-order valence-electron chi connectivity index (χ0n) is 14.7. The fraction of sp³-hybridized carbons (Fsp3) is 0.263. The zero-order chi connectivity index (χ0) is 19.9. The second kappa shape index (κ2) is 6.97. The number of halogens is 3. The van der Waals surface area contributed by atoms with Gasteiger partial charge in [-0.1, -0.05) is 17.4 Å². The van der Waals surface area contributed by atoms with Gasteiger partial charge in [0.15, 0.2) is 5.13 Å². The van der Waals surface area contributed by atoms with Crippen LogP contribution in [0.1, 0.15) is 15.9 Å². The van der Waals surface area contributed by atoms with Crippen LogP contribution in [-0.2, 0) is 10.9 Å². The van der Waals surface area contributed by atoms with E-state index in [2.05, 4.69) is 4.98 Å². The number of fused-ring (bicyclic) bond motifs is 1. The third-order valence-electron chi connectivity index (χ3n) is 4.43. The molecular formula is C19H15F3N2O3S. The number of alkyl halides is 3. The van der Waals surface area contributed by atoms with Gasteiger partial charge in [0.05, 0.1) is 36.0 Å². The molecule has 9 heteroatoms. The molecule has 1 fully saturated rings. The Bertz CT molecular complexity index is 1010. The van der Waals surface area contributed by atoms with Crippen molar-refractivity contribution < 1.29 is 27.4 Å². The predicted molar refractivity (Wildman–Crippen MR) is 99.0 cm³/mol. The van der Waals surface area contributed by atoms with Gasteiger partial charge in [-0.2, -0.15) is 13.2 Å². The summed E-state index contributed by atoms with van der Waals surface area (Å²) < 4.78 is 49.4. The minimum atomic E-state index is -4.43. The first-order valence-corrected chi connectivity index (χ1v) is 9.23. The van der Waals surface area contributed by atoms with Crippen molar-refractivity contribution in [1.29, 1.82) is 0 Å². The second-order valence-electron chi connectivity index (χ2n) is 6.31. The van der Waals surface area contributed by atoms with Crippen molar-refractivity contribution in [2.75, 3.05) is 25.1 Å². The molecule has 1 aromatic heterocycles. The van der Waals surface area contributed by atoms with Crippen LogP contribution in [0.2, 0.25) is 0 Å². The van der Waals surface area contributed by atoms with Crippen LogP contribution in [0.25, 0.3) is 10.2 Å². The number of hydrogen-bond acceptors (Lipinski definition) is 6. The number of carbonyl (C=O) groups excluding carboxylic acids is 1. The lowest BCUT2D eigenvalue weighted by atomic mass is 10.1. The number of carbonyl (C=O) groups is 1. The number of para-hydroxylation sites is 1. The number of ether oxygens (including phenoxy) is 2. The normalized spacial score (nSPS) is 14.8. The van der Waals surface area contributed by atoms with Crippen molar-refractivity contribution in [2.24, 2.45) is 0 Å². The van der Waals surface area contributed by atoms with Crippen LogP contribution in [0.5, 0.6) is 5.75 Å². The van der Waals surface area contributed by atoms with Gasteiger partial charge in [-0.15, -0.1) is 0 Å². The molecule has 1 aliphatic heterocycles. The molecule has 5 nitrogen and oxygen atoms in total. The number of hydrogen-bond donors (Lipinski definition) is 0. The lowest BCUT2D eigenvalue weighted by Crippen LogP contribution is -2.53. The van der Waals surface area contributed by atoms with Crippen molar-refractivity contribution in [2.45, 2.75) is 12.3 Å². The van der Waals surface area contributed by atoms with Gasteiger partial charge >= 0.3 is 12.1 Å². The molecule has 4 rings (SSSR count). The molecule has 0 N–H and O–H groups in total. The first-order chi connectivity index (χ1) is 13.3. The summed E-state index contributed by atoms with van der Waals surface area (Å²) in [6, 6.07) is 9.70. The number of methoxy groups -OCH3 is 1. The summed E-state index contributed by atoms with van der Waals surface area (Å²) in [6.45, 7) is 0.961. The minimum Gasteiger partial charge on any atom is -0.494 e. The van der Waals surface area contributed by atoms with E-state index in [1.807, 2.05) is 23.1 Å². The summed E-state index contributed by atoms with van der Waals surface area (Å²) in [5.74, 6) is 0.0650. The molecule has 1 aliphatic rings. The molecule has 28 heavy (non-hydrogen) atoms. The molecule has 0 saturated carbocycles. The molecule has 0 aliphatic carbocycles. The molecule has 0 bridgehead atoms. The van der Waals surface area contributed by atoms with E-state index < -0.39 is 17.7 Å². The van der Waals surface area contributed by atoms with Gasteiger partial charge in [-0.3, -0.25) is 0 Å². The zero-order valence-corrected chi connectivity index (χ0v) is 15.5. The third kappa shape index (κ3) is 3.49. The number of rotatable bonds is 4. The number of aromatic nitrogens is 1. The molecule has 0 spiro atoms. The van der Waals surface area contributed by atoms with Gasteiger partial charge in [0, 0.05) is 0 Å². The van der Waals surface area contributed by atoms with Crippen LogP contribution < -0.4 is 9.64 Å². The topological polar surface area (TPSA) is 51.7 Å². The number of benzene rings is 2. The average Bonchev–Trinajstić information content (AvgIpc) is 3.07. The highest BCUT2D eigenvalue weighted by atomic mass is 32.1. The summed E-state index contributed by atoms with van der Waals surface area (Å²) in [5.41, 5.74) is 0.0801. The molecule has 2 aromatic carbocycles. The Balaban J connectivity index is 1.37. The number of nitrogens with zero attached hydrogens (tertiary/aromatic N) is 2. The van der Waals surface area contributed by atoms with E-state index in [1.54, 1.807) is 7.11 Å². The first kappa shape index (κ1) is 18.5. The van der Waals surface area contributed by atoms with E-state index in [4.69, 9.17) is 9.47 Å². The van der Waals surface area contributed by atoms with Gasteiger partial charge in [0.1, 0.15) is 17.4 Å². The summed E-state index contributed by atoms with van der Waals surface area (Å²) >= 11 is 1.52. The molecule has 1 saturated heterocycles. The van der Waals surface area contributed by atoms with Crippen LogP contribution in [0, 0.1) is 0 Å². The Morgan fingerprint density at radius 2 is 1.89 bits per heavy atom. The van der Waals surface area contributed by atoms with E-state index in [0.29, 0.717) is 18.8 Å². The fourth-order valence-electron chi connectivity index (χ4n) is 2.90. The Labute approximate surface area is 162 Å². The highest BCUT2D eigenvalue weighted by Gasteiger charge is 2.33. The summed E-state index contributed by atoms with van der Waals surface area (Å²) in [6.07, 6.45) is -4.76. The molecule has 0 amide bonds. The Hall–Kier alpha value is -2.81. The van der Waals surface area contributed by atoms with Crippen LogP contribution in [0.4, 0.5) is 18.3 Å². The van der Waals surface area contributed by atoms with Gasteiger partial charge in [-0.25, -0.2) is 9.78 Å². The monoisotopic (exact) mass is 408 g/mol. The molecule has 0 atom stereocenters. The highest BCUT2D eigenvalue weighted by molar-refractivity contribution is 7.22. The van der Waals surface area contributed by atoms with E-state index in [1.165, 1.54) is 11.3 Å². The SMILES string of the molecule is COc1cccc2sc(N3CC(OC(=O)c4ccc(C(F)(F)F)cc4)C3)nc12. The van der Waals surface area contributed by atoms with Crippen LogP contribution in [0.3, 0.4) is 0 Å². The lowest BCUT2D eigenvalue weighted by Gasteiger charge is -2.38. The molecular weight excluding hydrogens is 393 g/mol. The van der Waals surface area contributed by atoms with Crippen molar-refractivity contribution in [3.8, 4) is 5.75 Å². The number of thiazole rings is 1. The maximum atomic E-state index is 12.6. The van der Waals surface area contributed by atoms with Gasteiger partial charge < -0.3 is 14.4 Å². The smallest absolute Gasteiger partial charge is 0.416 e. The highest BCUT2D eigenvalue weighted by Crippen LogP contribution is 2.36. The Morgan fingerprint density at radius 3 is 2.54 bits per heavy atom. The van der Waals surface area contributed by atoms with E-state index in [-0.39, 0.29) is 11.7 Å². The molecule has 3 aromatic rings. The molecule has 0 unspecified atom stereocenters. The molecule has 2 heterocycles. The number of anilines is 1. The maximum Gasteiger partial charge on any atom is 0.416 e. The second-order valence-corrected chi connectivity index (χ2v) is 7.32. The van der Waals surface area contributed by atoms with Crippen molar-refractivity contribution in [3.05, 3.63) is 53.6 Å². The van der Waals surface area contributed by atoms with Gasteiger partial charge in [0.2, 0.25) is 0 Å². The van der Waals surface area contributed by atoms with Crippen molar-refractivity contribution in [3.63, 3.8) is 0 Å². The average molecular weight is 408 g/mol. The van der Waals surface area contributed by atoms with Crippen LogP contribution in [0.15, 0.2) is 42.5 Å². The summed E-state index contributed by atoms with van der Waals surface area (Å²) in [5, 5.41) is 0.807. The minimum absolute atomic E-state index is 0.0937. The summed E-state index contributed by atoms with van der Waals surface area (Å²) in [4.78, 5) is 18.7. The van der Waals surface area contributed by atoms with Crippen molar-refractivity contribution >= 4 is 32.7 Å². The molecule has 146 valence electrons. The Kier molecular flexibility index (Phi) is 4.62. The van der Waals surface area contributed by atoms with E-state index in [9.17, 15) is 18.0 Å². The fourth-order valence-corrected chi connectivity index (χ4v) is 3.90. The Morgan fingerprint density at radius 1 is 1.18 bits per heavy atom. The first-order valence-electron chi connectivity index (χ1n) is 8.42. The largest absolute Gasteiger partial charge is 0.494 e. The maximum absolute atomic E-state index is 12.6. The van der Waals surface area contributed by atoms with Gasteiger partial charge in [-0.05, 0) is 36.4 Å². The molecule has 0 radical (unpaired) electrons. The van der Waals surface area contributed by atoms with Gasteiger partial charge in [0.25, 0.3) is 0 Å². The van der Waals surface area contributed by atoms with Crippen LogP contribution >= 0.6 is 11.3 Å². The van der Waals surface area contributed by atoms with Crippen LogP contribution in [-0.4, -0.2) is 37.3 Å². The number of esters is 1. The van der Waals surface area contributed by atoms with Crippen molar-refractivity contribution in [1.82, 2.24) is 4.98 Å². The lowest BCUT2D eigenvalue weighted by molar-refractivity contribution is -0.137. The standard InChI is InChI=1S/C19H15F3N2O3S/c1-26-14-3-2-4-15-16(14)23-18(28-15)24-9-13(10-24)27-17(25)11-5-7-12(8-6-11)19(20,21)22/h2-8,13H,9-10H2,1H3. The van der Waals surface area contributed by atoms with E-state index >= 15 is 0 Å². The van der Waals surface area contributed by atoms with E-state index in [0.717, 1.165) is 39.6 Å². The predicted octanol–water partition coefficient (Wildman–Crippen LogP) is 4.37. The summed E-state index contributed by atoms with van der Waals surface area (Å²) in [7, 11) is 1.59. The quantitative estimate of drug-likeness (QED) is 0.600.